The minimum atomic E-state index is -0.492. The quantitative estimate of drug-likeness (QED) is 0.737. The molecule has 27 heavy (non-hydrogen) atoms. The van der Waals surface area contributed by atoms with Crippen molar-refractivity contribution in [2.45, 2.75) is 58.1 Å². The lowest BCUT2D eigenvalue weighted by Crippen LogP contribution is -2.47. The maximum atomic E-state index is 12.1. The molecule has 150 valence electrons. The van der Waals surface area contributed by atoms with Crippen molar-refractivity contribution >= 4 is 23.6 Å². The molecule has 0 radical (unpaired) electrons. The first-order chi connectivity index (χ1) is 12.7. The zero-order valence-corrected chi connectivity index (χ0v) is 17.1. The number of nitrogens with one attached hydrogen (secondary N) is 1. The average Bonchev–Trinajstić information content (AvgIpc) is 2.59. The highest BCUT2D eigenvalue weighted by Crippen LogP contribution is 2.23. The Hall–Kier alpha value is -1.95. The molecule has 1 fully saturated rings. The van der Waals surface area contributed by atoms with Gasteiger partial charge in [-0.2, -0.15) is 0 Å². The molecule has 0 saturated carbocycles. The van der Waals surface area contributed by atoms with E-state index >= 15 is 0 Å². The maximum Gasteiger partial charge on any atom is 0.410 e. The summed E-state index contributed by atoms with van der Waals surface area (Å²) in [6.45, 7) is 7.19. The van der Waals surface area contributed by atoms with Crippen LogP contribution < -0.4 is 10.1 Å². The Morgan fingerprint density at radius 1 is 1.22 bits per heavy atom. The summed E-state index contributed by atoms with van der Waals surface area (Å²) in [6, 6.07) is 7.38. The Morgan fingerprint density at radius 2 is 1.89 bits per heavy atom. The van der Waals surface area contributed by atoms with Gasteiger partial charge in [0, 0.05) is 25.6 Å². The third-order valence-corrected chi connectivity index (χ3v) is 4.47. The molecule has 0 bridgehead atoms. The number of carbonyl (C=O) groups is 2. The molecule has 1 aliphatic heterocycles. The number of hydrogen-bond donors (Lipinski definition) is 1. The van der Waals surface area contributed by atoms with Crippen molar-refractivity contribution in [3.05, 3.63) is 29.3 Å². The first-order valence-electron chi connectivity index (χ1n) is 9.39. The van der Waals surface area contributed by atoms with Crippen molar-refractivity contribution in [3.63, 3.8) is 0 Å². The Labute approximate surface area is 166 Å². The smallest absolute Gasteiger partial charge is 0.410 e. The van der Waals surface area contributed by atoms with Crippen molar-refractivity contribution < 1.29 is 19.1 Å². The van der Waals surface area contributed by atoms with Crippen molar-refractivity contribution in [1.29, 1.82) is 0 Å². The first-order valence-corrected chi connectivity index (χ1v) is 9.77. The largest absolute Gasteiger partial charge is 0.492 e. The highest BCUT2D eigenvalue weighted by Gasteiger charge is 2.27. The van der Waals surface area contributed by atoms with E-state index in [4.69, 9.17) is 21.1 Å². The number of benzene rings is 1. The minimum Gasteiger partial charge on any atom is -0.492 e. The van der Waals surface area contributed by atoms with Gasteiger partial charge in [-0.05, 0) is 52.2 Å². The van der Waals surface area contributed by atoms with Crippen LogP contribution in [0.15, 0.2) is 24.3 Å². The van der Waals surface area contributed by atoms with E-state index in [9.17, 15) is 9.59 Å². The van der Waals surface area contributed by atoms with Crippen molar-refractivity contribution in [2.75, 3.05) is 19.7 Å². The van der Waals surface area contributed by atoms with E-state index < -0.39 is 5.60 Å². The number of rotatable bonds is 6. The van der Waals surface area contributed by atoms with Crippen LogP contribution in [0.25, 0.3) is 0 Å². The second kappa shape index (κ2) is 9.83. The second-order valence-corrected chi connectivity index (χ2v) is 8.10. The molecule has 0 spiro atoms. The van der Waals surface area contributed by atoms with Crippen LogP contribution in [-0.4, -0.2) is 48.2 Å². The average molecular weight is 397 g/mol. The van der Waals surface area contributed by atoms with E-state index in [1.807, 2.05) is 32.9 Å². The molecule has 1 saturated heterocycles. The van der Waals surface area contributed by atoms with Gasteiger partial charge in [-0.25, -0.2) is 4.79 Å². The lowest BCUT2D eigenvalue weighted by molar-refractivity contribution is -0.122. The van der Waals surface area contributed by atoms with Gasteiger partial charge in [0.25, 0.3) is 0 Å². The zero-order valence-electron chi connectivity index (χ0n) is 16.3. The van der Waals surface area contributed by atoms with Crippen molar-refractivity contribution in [3.8, 4) is 5.75 Å². The van der Waals surface area contributed by atoms with Crippen LogP contribution in [0.1, 0.15) is 46.5 Å². The predicted octanol–water partition coefficient (Wildman–Crippen LogP) is 4.01. The summed E-state index contributed by atoms with van der Waals surface area (Å²) in [5, 5.41) is 3.61. The van der Waals surface area contributed by atoms with Crippen molar-refractivity contribution in [2.24, 2.45) is 0 Å². The maximum absolute atomic E-state index is 12.1. The molecule has 1 aliphatic rings. The number of nitrogens with zero attached hydrogens (tertiary/aromatic N) is 1. The summed E-state index contributed by atoms with van der Waals surface area (Å²) < 4.78 is 11.0. The molecule has 6 nitrogen and oxygen atoms in total. The summed E-state index contributed by atoms with van der Waals surface area (Å²) in [6.07, 6.45) is 2.20. The molecule has 1 aromatic carbocycles. The van der Waals surface area contributed by atoms with E-state index in [2.05, 4.69) is 5.32 Å². The summed E-state index contributed by atoms with van der Waals surface area (Å²) in [4.78, 5) is 25.8. The lowest BCUT2D eigenvalue weighted by atomic mass is 10.1. The van der Waals surface area contributed by atoms with Crippen LogP contribution in [0.5, 0.6) is 5.75 Å². The Bertz CT molecular complexity index is 637. The third-order valence-electron chi connectivity index (χ3n) is 4.15. The van der Waals surface area contributed by atoms with Crippen LogP contribution in [0.3, 0.4) is 0 Å². The zero-order chi connectivity index (χ0) is 19.9. The van der Waals surface area contributed by atoms with Crippen molar-refractivity contribution in [1.82, 2.24) is 10.2 Å². The summed E-state index contributed by atoms with van der Waals surface area (Å²) in [7, 11) is 0. The Morgan fingerprint density at radius 3 is 2.52 bits per heavy atom. The molecular formula is C20H29ClN2O4. The number of hydrogen-bond acceptors (Lipinski definition) is 4. The van der Waals surface area contributed by atoms with Gasteiger partial charge in [-0.1, -0.05) is 23.7 Å². The van der Waals surface area contributed by atoms with Crippen LogP contribution in [0.4, 0.5) is 4.79 Å². The van der Waals surface area contributed by atoms with Crippen LogP contribution in [0, 0.1) is 0 Å². The fourth-order valence-electron chi connectivity index (χ4n) is 2.81. The molecule has 2 rings (SSSR count). The fraction of sp³-hybridized carbons (Fsp3) is 0.600. The molecule has 1 heterocycles. The number of carbonyl (C=O) groups excluding carboxylic acids is 2. The third kappa shape index (κ3) is 7.67. The Balaban J connectivity index is 1.62. The number of piperidine rings is 1. The van der Waals surface area contributed by atoms with Gasteiger partial charge in [0.15, 0.2) is 0 Å². The summed E-state index contributed by atoms with van der Waals surface area (Å²) in [5.41, 5.74) is -0.492. The molecule has 0 aromatic heterocycles. The molecule has 1 aromatic rings. The second-order valence-electron chi connectivity index (χ2n) is 7.69. The van der Waals surface area contributed by atoms with Crippen LogP contribution >= 0.6 is 11.6 Å². The number of halogens is 1. The van der Waals surface area contributed by atoms with Gasteiger partial charge in [0.05, 0.1) is 11.6 Å². The highest BCUT2D eigenvalue weighted by molar-refractivity contribution is 6.32. The highest BCUT2D eigenvalue weighted by atomic mass is 35.5. The molecule has 0 atom stereocenters. The number of likely N-dealkylation sites (tertiary alicyclic amines) is 1. The predicted molar refractivity (Wildman–Crippen MR) is 105 cm³/mol. The van der Waals surface area contributed by atoms with Gasteiger partial charge < -0.3 is 19.7 Å². The van der Waals surface area contributed by atoms with E-state index in [0.29, 0.717) is 43.3 Å². The molecule has 7 heteroatoms. The SMILES string of the molecule is CC(C)(C)OC(=O)N1CCC(NC(=O)CCCOc2ccccc2Cl)CC1. The van der Waals surface area contributed by atoms with Gasteiger partial charge in [0.1, 0.15) is 11.4 Å². The van der Waals surface area contributed by atoms with Gasteiger partial charge in [-0.3, -0.25) is 4.79 Å². The van der Waals surface area contributed by atoms with Crippen LogP contribution in [-0.2, 0) is 9.53 Å². The topological polar surface area (TPSA) is 67.9 Å². The molecule has 2 amide bonds. The monoisotopic (exact) mass is 396 g/mol. The minimum absolute atomic E-state index is 0.00785. The number of ether oxygens (including phenoxy) is 2. The number of para-hydroxylation sites is 1. The first kappa shape index (κ1) is 21.4. The Kier molecular flexibility index (Phi) is 7.78. The number of amides is 2. The van der Waals surface area contributed by atoms with Crippen LogP contribution in [0.2, 0.25) is 5.02 Å². The standard InChI is InChI=1S/C20H29ClN2O4/c1-20(2,3)27-19(25)23-12-10-15(11-13-23)22-18(24)9-6-14-26-17-8-5-4-7-16(17)21/h4-5,7-8,15H,6,9-14H2,1-3H3,(H,22,24). The van der Waals surface area contributed by atoms with Gasteiger partial charge in [-0.15, -0.1) is 0 Å². The van der Waals surface area contributed by atoms with Gasteiger partial charge >= 0.3 is 6.09 Å². The molecule has 0 aliphatic carbocycles. The molecular weight excluding hydrogens is 368 g/mol. The summed E-state index contributed by atoms with van der Waals surface area (Å²) >= 11 is 6.02. The van der Waals surface area contributed by atoms with Gasteiger partial charge in [0.2, 0.25) is 5.91 Å². The fourth-order valence-corrected chi connectivity index (χ4v) is 3.00. The molecule has 1 N–H and O–H groups in total. The normalized spacial score (nSPS) is 15.3. The van der Waals surface area contributed by atoms with E-state index in [1.165, 1.54) is 0 Å². The van der Waals surface area contributed by atoms with E-state index in [-0.39, 0.29) is 18.0 Å². The summed E-state index contributed by atoms with van der Waals surface area (Å²) in [5.74, 6) is 0.641. The van der Waals surface area contributed by atoms with E-state index in [0.717, 1.165) is 12.8 Å². The van der Waals surface area contributed by atoms with E-state index in [1.54, 1.807) is 17.0 Å². The lowest BCUT2D eigenvalue weighted by Gasteiger charge is -2.33. The molecule has 0 unspecified atom stereocenters.